The Balaban J connectivity index is 1.48. The van der Waals surface area contributed by atoms with Gasteiger partial charge < -0.3 is 9.84 Å². The minimum Gasteiger partial charge on any atom is -0.491 e. The summed E-state index contributed by atoms with van der Waals surface area (Å²) in [6.07, 6.45) is 3.64. The molecule has 0 spiro atoms. The van der Waals surface area contributed by atoms with E-state index in [1.54, 1.807) is 0 Å². The number of β-amino-alcohol motifs (C(OH)–C–C–N with tert-alkyl or cyclic N) is 1. The number of ether oxygens (including phenoxy) is 1. The van der Waals surface area contributed by atoms with Crippen LogP contribution in [0, 0.1) is 19.8 Å². The average molecular weight is 275 g/mol. The molecule has 2 aliphatic rings. The highest BCUT2D eigenvalue weighted by atomic mass is 16.5. The largest absolute Gasteiger partial charge is 0.491 e. The Hall–Kier alpha value is -1.06. The second kappa shape index (κ2) is 5.74. The Morgan fingerprint density at radius 3 is 2.60 bits per heavy atom. The van der Waals surface area contributed by atoms with Crippen molar-refractivity contribution in [1.82, 2.24) is 4.90 Å². The Morgan fingerprint density at radius 2 is 2.00 bits per heavy atom. The Labute approximate surface area is 121 Å². The van der Waals surface area contributed by atoms with Crippen LogP contribution < -0.4 is 4.74 Å². The fourth-order valence-corrected chi connectivity index (χ4v) is 3.78. The first-order valence-corrected chi connectivity index (χ1v) is 7.73. The number of aliphatic hydroxyl groups excluding tert-OH is 1. The predicted molar refractivity (Wildman–Crippen MR) is 80.1 cm³/mol. The zero-order valence-electron chi connectivity index (χ0n) is 12.5. The van der Waals surface area contributed by atoms with Gasteiger partial charge in [0.1, 0.15) is 18.5 Å². The highest BCUT2D eigenvalue weighted by Crippen LogP contribution is 2.37. The monoisotopic (exact) mass is 275 g/mol. The normalized spacial score (nSPS) is 26.9. The van der Waals surface area contributed by atoms with Crippen molar-refractivity contribution in [3.8, 4) is 5.75 Å². The maximum absolute atomic E-state index is 10.2. The first kappa shape index (κ1) is 13.9. The van der Waals surface area contributed by atoms with Gasteiger partial charge in [-0.2, -0.15) is 0 Å². The first-order chi connectivity index (χ1) is 9.60. The molecule has 3 atom stereocenters. The summed E-state index contributed by atoms with van der Waals surface area (Å²) >= 11 is 0. The van der Waals surface area contributed by atoms with E-state index in [0.29, 0.717) is 6.61 Å². The molecule has 1 aliphatic heterocycles. The summed E-state index contributed by atoms with van der Waals surface area (Å²) < 4.78 is 5.74. The van der Waals surface area contributed by atoms with E-state index in [1.807, 2.05) is 12.1 Å². The topological polar surface area (TPSA) is 32.7 Å². The van der Waals surface area contributed by atoms with Crippen molar-refractivity contribution in [2.75, 3.05) is 19.7 Å². The molecule has 1 heterocycles. The summed E-state index contributed by atoms with van der Waals surface area (Å²) in [5.74, 6) is 1.75. The molecule has 0 amide bonds. The molecule has 3 unspecified atom stereocenters. The number of aryl methyl sites for hydroxylation is 2. The number of hydrogen-bond donors (Lipinski definition) is 1. The maximum atomic E-state index is 10.2. The highest BCUT2D eigenvalue weighted by Gasteiger charge is 2.38. The quantitative estimate of drug-likeness (QED) is 0.896. The van der Waals surface area contributed by atoms with Crippen molar-refractivity contribution in [3.05, 3.63) is 29.3 Å². The molecule has 1 aromatic rings. The zero-order chi connectivity index (χ0) is 14.1. The first-order valence-electron chi connectivity index (χ1n) is 7.73. The van der Waals surface area contributed by atoms with Crippen LogP contribution >= 0.6 is 0 Å². The number of likely N-dealkylation sites (tertiary alicyclic amines) is 1. The molecule has 20 heavy (non-hydrogen) atoms. The van der Waals surface area contributed by atoms with Gasteiger partial charge >= 0.3 is 0 Å². The lowest BCUT2D eigenvalue weighted by Gasteiger charge is -2.28. The van der Waals surface area contributed by atoms with Crippen LogP contribution in [-0.4, -0.2) is 41.8 Å². The van der Waals surface area contributed by atoms with Crippen LogP contribution in [0.25, 0.3) is 0 Å². The van der Waals surface area contributed by atoms with Crippen molar-refractivity contribution in [2.45, 2.75) is 45.3 Å². The summed E-state index contributed by atoms with van der Waals surface area (Å²) in [7, 11) is 0. The lowest BCUT2D eigenvalue weighted by Crippen LogP contribution is -2.40. The zero-order valence-corrected chi connectivity index (χ0v) is 12.5. The fourth-order valence-electron chi connectivity index (χ4n) is 3.78. The van der Waals surface area contributed by atoms with Crippen LogP contribution in [0.1, 0.15) is 30.4 Å². The van der Waals surface area contributed by atoms with Crippen molar-refractivity contribution in [3.63, 3.8) is 0 Å². The van der Waals surface area contributed by atoms with Gasteiger partial charge in [0.25, 0.3) is 0 Å². The third-order valence-electron chi connectivity index (χ3n) is 4.61. The standard InChI is InChI=1S/C17H25NO2/c1-12-5-13(2)7-17(6-12)20-11-16(19)10-18-9-14-3-4-15(18)8-14/h5-7,14-16,19H,3-4,8-11H2,1-2H3. The maximum Gasteiger partial charge on any atom is 0.119 e. The van der Waals surface area contributed by atoms with Gasteiger partial charge in [0, 0.05) is 19.1 Å². The van der Waals surface area contributed by atoms with Crippen molar-refractivity contribution < 1.29 is 9.84 Å². The van der Waals surface area contributed by atoms with E-state index in [4.69, 9.17) is 4.74 Å². The van der Waals surface area contributed by atoms with E-state index >= 15 is 0 Å². The molecule has 1 N–H and O–H groups in total. The van der Waals surface area contributed by atoms with Crippen LogP contribution in [0.15, 0.2) is 18.2 Å². The SMILES string of the molecule is Cc1cc(C)cc(OCC(O)CN2CC3CCC2C3)c1. The third kappa shape index (κ3) is 3.15. The molecule has 1 aliphatic carbocycles. The summed E-state index contributed by atoms with van der Waals surface area (Å²) in [5.41, 5.74) is 2.40. The van der Waals surface area contributed by atoms with Crippen LogP contribution in [0.2, 0.25) is 0 Å². The van der Waals surface area contributed by atoms with Gasteiger partial charge in [0.05, 0.1) is 0 Å². The lowest BCUT2D eigenvalue weighted by atomic mass is 10.1. The number of piperidine rings is 1. The summed E-state index contributed by atoms with van der Waals surface area (Å²) in [4.78, 5) is 2.45. The van der Waals surface area contributed by atoms with Crippen molar-refractivity contribution in [1.29, 1.82) is 0 Å². The van der Waals surface area contributed by atoms with Gasteiger partial charge in [0.15, 0.2) is 0 Å². The molecule has 1 aromatic carbocycles. The predicted octanol–water partition coefficient (Wildman–Crippen LogP) is 2.53. The summed E-state index contributed by atoms with van der Waals surface area (Å²) in [6, 6.07) is 6.90. The van der Waals surface area contributed by atoms with Crippen molar-refractivity contribution >= 4 is 0 Å². The molecular weight excluding hydrogens is 250 g/mol. The minimum absolute atomic E-state index is 0.386. The number of nitrogens with zero attached hydrogens (tertiary/aromatic N) is 1. The smallest absolute Gasteiger partial charge is 0.119 e. The molecule has 2 fully saturated rings. The number of aliphatic hydroxyl groups is 1. The van der Waals surface area contributed by atoms with E-state index in [-0.39, 0.29) is 0 Å². The second-order valence-corrected chi connectivity index (χ2v) is 6.58. The van der Waals surface area contributed by atoms with E-state index in [2.05, 4.69) is 24.8 Å². The van der Waals surface area contributed by atoms with Crippen LogP contribution in [0.3, 0.4) is 0 Å². The Morgan fingerprint density at radius 1 is 1.25 bits per heavy atom. The Kier molecular flexibility index (Phi) is 3.99. The summed E-state index contributed by atoms with van der Waals surface area (Å²) in [6.45, 7) is 6.45. The van der Waals surface area contributed by atoms with E-state index in [9.17, 15) is 5.11 Å². The van der Waals surface area contributed by atoms with Gasteiger partial charge in [-0.1, -0.05) is 6.07 Å². The molecule has 1 saturated heterocycles. The van der Waals surface area contributed by atoms with Crippen LogP contribution in [0.5, 0.6) is 5.75 Å². The molecule has 3 rings (SSSR count). The van der Waals surface area contributed by atoms with Crippen molar-refractivity contribution in [2.24, 2.45) is 5.92 Å². The fraction of sp³-hybridized carbons (Fsp3) is 0.647. The Bertz CT molecular complexity index is 454. The molecule has 2 bridgehead atoms. The number of benzene rings is 1. The highest BCUT2D eigenvalue weighted by molar-refractivity contribution is 5.32. The van der Waals surface area contributed by atoms with Gasteiger partial charge in [-0.15, -0.1) is 0 Å². The number of rotatable bonds is 5. The molecule has 110 valence electrons. The summed E-state index contributed by atoms with van der Waals surface area (Å²) in [5, 5.41) is 10.2. The van der Waals surface area contributed by atoms with Gasteiger partial charge in [-0.25, -0.2) is 0 Å². The lowest BCUT2D eigenvalue weighted by molar-refractivity contribution is 0.0573. The average Bonchev–Trinajstić information content (AvgIpc) is 2.97. The number of hydrogen-bond acceptors (Lipinski definition) is 3. The molecule has 0 aromatic heterocycles. The molecule has 3 heteroatoms. The third-order valence-corrected chi connectivity index (χ3v) is 4.61. The molecule has 0 radical (unpaired) electrons. The molecule has 3 nitrogen and oxygen atoms in total. The van der Waals surface area contributed by atoms with Gasteiger partial charge in [-0.3, -0.25) is 4.90 Å². The number of fused-ring (bicyclic) bond motifs is 2. The van der Waals surface area contributed by atoms with E-state index in [1.165, 1.54) is 36.9 Å². The van der Waals surface area contributed by atoms with Crippen LogP contribution in [-0.2, 0) is 0 Å². The van der Waals surface area contributed by atoms with Gasteiger partial charge in [-0.05, 0) is 62.3 Å². The van der Waals surface area contributed by atoms with Crippen LogP contribution in [0.4, 0.5) is 0 Å². The molecular formula is C17H25NO2. The van der Waals surface area contributed by atoms with Gasteiger partial charge in [0.2, 0.25) is 0 Å². The minimum atomic E-state index is -0.393. The molecule has 1 saturated carbocycles. The van der Waals surface area contributed by atoms with E-state index in [0.717, 1.165) is 24.3 Å². The second-order valence-electron chi connectivity index (χ2n) is 6.58. The van der Waals surface area contributed by atoms with E-state index < -0.39 is 6.10 Å².